The maximum Gasteiger partial charge on any atom is 0.146 e. The van der Waals surface area contributed by atoms with Crippen molar-refractivity contribution in [1.82, 2.24) is 0 Å². The predicted octanol–water partition coefficient (Wildman–Crippen LogP) is 2.58. The van der Waals surface area contributed by atoms with Gasteiger partial charge >= 0.3 is 0 Å². The summed E-state index contributed by atoms with van der Waals surface area (Å²) in [4.78, 5) is 10.8. The molecule has 0 saturated heterocycles. The first-order valence-electron chi connectivity index (χ1n) is 4.77. The Balaban J connectivity index is 2.42. The van der Waals surface area contributed by atoms with E-state index in [9.17, 15) is 4.79 Å². The molecule has 1 aliphatic rings. The smallest absolute Gasteiger partial charge is 0.146 e. The second-order valence-corrected chi connectivity index (χ2v) is 3.38. The third-order valence-corrected chi connectivity index (χ3v) is 2.47. The lowest BCUT2D eigenvalue weighted by Gasteiger charge is -2.02. The van der Waals surface area contributed by atoms with Gasteiger partial charge in [0.1, 0.15) is 6.29 Å². The van der Waals surface area contributed by atoms with E-state index in [4.69, 9.17) is 6.42 Å². The fraction of sp³-hybridized carbons (Fsp3) is 0.0714. The second-order valence-electron chi connectivity index (χ2n) is 3.38. The lowest BCUT2D eigenvalue weighted by Crippen LogP contribution is -1.86. The highest BCUT2D eigenvalue weighted by atomic mass is 16.1. The molecular formula is C14H10O. The molecule has 1 aliphatic carbocycles. The van der Waals surface area contributed by atoms with Crippen LogP contribution < -0.4 is 0 Å². The van der Waals surface area contributed by atoms with Crippen molar-refractivity contribution in [3.63, 3.8) is 0 Å². The van der Waals surface area contributed by atoms with E-state index in [1.165, 1.54) is 0 Å². The SMILES string of the molecule is C#Cc1ccc(C2=C(C=O)CC=C2)cc1. The minimum Gasteiger partial charge on any atom is -0.298 e. The van der Waals surface area contributed by atoms with E-state index in [0.29, 0.717) is 0 Å². The molecule has 1 heteroatoms. The fourth-order valence-electron chi connectivity index (χ4n) is 1.66. The van der Waals surface area contributed by atoms with Gasteiger partial charge in [0.25, 0.3) is 0 Å². The average molecular weight is 194 g/mol. The summed E-state index contributed by atoms with van der Waals surface area (Å²) in [5.74, 6) is 2.57. The summed E-state index contributed by atoms with van der Waals surface area (Å²) in [6, 6.07) is 7.67. The number of allylic oxidation sites excluding steroid dienone is 4. The number of rotatable bonds is 2. The van der Waals surface area contributed by atoms with Gasteiger partial charge in [-0.3, -0.25) is 4.79 Å². The van der Waals surface area contributed by atoms with Crippen LogP contribution in [-0.4, -0.2) is 6.29 Å². The molecule has 0 aromatic heterocycles. The van der Waals surface area contributed by atoms with Crippen LogP contribution >= 0.6 is 0 Å². The molecule has 0 unspecified atom stereocenters. The summed E-state index contributed by atoms with van der Waals surface area (Å²) in [5.41, 5.74) is 3.75. The Labute approximate surface area is 89.1 Å². The minimum absolute atomic E-state index is 0.732. The van der Waals surface area contributed by atoms with Crippen LogP contribution in [0.2, 0.25) is 0 Å². The quantitative estimate of drug-likeness (QED) is 0.522. The first kappa shape index (κ1) is 9.48. The first-order chi connectivity index (χ1) is 7.35. The molecule has 0 amide bonds. The molecule has 0 spiro atoms. The van der Waals surface area contributed by atoms with Gasteiger partial charge in [0.2, 0.25) is 0 Å². The van der Waals surface area contributed by atoms with E-state index >= 15 is 0 Å². The highest BCUT2D eigenvalue weighted by Gasteiger charge is 2.09. The van der Waals surface area contributed by atoms with Crippen LogP contribution in [0, 0.1) is 12.3 Å². The molecule has 15 heavy (non-hydrogen) atoms. The van der Waals surface area contributed by atoms with Crippen molar-refractivity contribution >= 4 is 11.9 Å². The summed E-state index contributed by atoms with van der Waals surface area (Å²) in [6.07, 6.45) is 10.9. The van der Waals surface area contributed by atoms with Crippen molar-refractivity contribution < 1.29 is 4.79 Å². The lowest BCUT2D eigenvalue weighted by molar-refractivity contribution is -0.104. The molecule has 72 valence electrons. The number of carbonyl (C=O) groups excluding carboxylic acids is 1. The minimum atomic E-state index is 0.732. The number of carbonyl (C=O) groups is 1. The fourth-order valence-corrected chi connectivity index (χ4v) is 1.66. The molecular weight excluding hydrogens is 184 g/mol. The summed E-state index contributed by atoms with van der Waals surface area (Å²) in [6.45, 7) is 0. The molecule has 1 aromatic carbocycles. The Bertz CT molecular complexity index is 481. The molecule has 2 rings (SSSR count). The molecule has 0 heterocycles. The molecule has 0 N–H and O–H groups in total. The topological polar surface area (TPSA) is 17.1 Å². The average Bonchev–Trinajstić information content (AvgIpc) is 2.77. The largest absolute Gasteiger partial charge is 0.298 e. The summed E-state index contributed by atoms with van der Waals surface area (Å²) < 4.78 is 0. The maximum atomic E-state index is 10.8. The standard InChI is InChI=1S/C14H10O/c1-2-11-6-8-12(9-7-11)14-5-3-4-13(14)10-15/h1,3,5-10H,4H2. The number of hydrogen-bond donors (Lipinski definition) is 0. The van der Waals surface area contributed by atoms with E-state index in [1.807, 2.05) is 36.4 Å². The summed E-state index contributed by atoms with van der Waals surface area (Å²) in [7, 11) is 0. The summed E-state index contributed by atoms with van der Waals surface area (Å²) in [5, 5.41) is 0. The number of terminal acetylenes is 1. The normalized spacial score (nSPS) is 14.1. The van der Waals surface area contributed by atoms with E-state index in [2.05, 4.69) is 5.92 Å². The van der Waals surface area contributed by atoms with E-state index < -0.39 is 0 Å². The van der Waals surface area contributed by atoms with Crippen LogP contribution in [0.4, 0.5) is 0 Å². The first-order valence-corrected chi connectivity index (χ1v) is 4.77. The zero-order valence-corrected chi connectivity index (χ0v) is 8.23. The Morgan fingerprint density at radius 3 is 2.60 bits per heavy atom. The van der Waals surface area contributed by atoms with E-state index in [0.717, 1.165) is 35.0 Å². The molecule has 1 nitrogen and oxygen atoms in total. The molecule has 1 aromatic rings. The van der Waals surface area contributed by atoms with Crippen LogP contribution in [-0.2, 0) is 4.79 Å². The molecule has 0 aliphatic heterocycles. The zero-order chi connectivity index (χ0) is 10.7. The van der Waals surface area contributed by atoms with Crippen LogP contribution in [0.25, 0.3) is 5.57 Å². The van der Waals surface area contributed by atoms with Gasteiger partial charge in [-0.25, -0.2) is 0 Å². The Kier molecular flexibility index (Phi) is 2.51. The lowest BCUT2D eigenvalue weighted by atomic mass is 10.0. The zero-order valence-electron chi connectivity index (χ0n) is 8.23. The van der Waals surface area contributed by atoms with Crippen molar-refractivity contribution in [2.75, 3.05) is 0 Å². The van der Waals surface area contributed by atoms with Crippen molar-refractivity contribution in [3.05, 3.63) is 53.1 Å². The summed E-state index contributed by atoms with van der Waals surface area (Å²) >= 11 is 0. The molecule has 0 saturated carbocycles. The third-order valence-electron chi connectivity index (χ3n) is 2.47. The number of benzene rings is 1. The van der Waals surface area contributed by atoms with Gasteiger partial charge < -0.3 is 0 Å². The van der Waals surface area contributed by atoms with Gasteiger partial charge in [0, 0.05) is 11.1 Å². The van der Waals surface area contributed by atoms with Gasteiger partial charge in [0.15, 0.2) is 0 Å². The third kappa shape index (κ3) is 1.75. The Morgan fingerprint density at radius 2 is 2.00 bits per heavy atom. The van der Waals surface area contributed by atoms with Crippen molar-refractivity contribution in [3.8, 4) is 12.3 Å². The van der Waals surface area contributed by atoms with E-state index in [-0.39, 0.29) is 0 Å². The monoisotopic (exact) mass is 194 g/mol. The van der Waals surface area contributed by atoms with Gasteiger partial charge in [-0.05, 0) is 29.7 Å². The van der Waals surface area contributed by atoms with Crippen molar-refractivity contribution in [2.45, 2.75) is 6.42 Å². The van der Waals surface area contributed by atoms with Crippen molar-refractivity contribution in [1.29, 1.82) is 0 Å². The maximum absolute atomic E-state index is 10.8. The molecule has 0 atom stereocenters. The highest BCUT2D eigenvalue weighted by molar-refractivity contribution is 5.94. The van der Waals surface area contributed by atoms with Crippen molar-refractivity contribution in [2.24, 2.45) is 0 Å². The molecule has 0 bridgehead atoms. The predicted molar refractivity (Wildman–Crippen MR) is 61.1 cm³/mol. The Hall–Kier alpha value is -2.07. The van der Waals surface area contributed by atoms with Gasteiger partial charge in [-0.1, -0.05) is 30.2 Å². The van der Waals surface area contributed by atoms with Gasteiger partial charge in [-0.15, -0.1) is 6.42 Å². The van der Waals surface area contributed by atoms with Gasteiger partial charge in [-0.2, -0.15) is 0 Å². The van der Waals surface area contributed by atoms with Crippen LogP contribution in [0.5, 0.6) is 0 Å². The van der Waals surface area contributed by atoms with Crippen LogP contribution in [0.3, 0.4) is 0 Å². The second kappa shape index (κ2) is 3.98. The molecule has 0 radical (unpaired) electrons. The van der Waals surface area contributed by atoms with Gasteiger partial charge in [0.05, 0.1) is 0 Å². The number of hydrogen-bond acceptors (Lipinski definition) is 1. The van der Waals surface area contributed by atoms with E-state index in [1.54, 1.807) is 0 Å². The van der Waals surface area contributed by atoms with Crippen LogP contribution in [0.1, 0.15) is 17.5 Å². The molecule has 0 fully saturated rings. The van der Waals surface area contributed by atoms with Crippen LogP contribution in [0.15, 0.2) is 42.0 Å². The Morgan fingerprint density at radius 1 is 1.27 bits per heavy atom. The number of aldehydes is 1. The highest BCUT2D eigenvalue weighted by Crippen LogP contribution is 2.26.